The standard InChI is InChI=1S/C10H19ClN2O2/c1-5-15-9(14)8(11)13-12-7-6-10(2,3)4/h8H,5-7H2,1-4H3. The van der Waals surface area contributed by atoms with E-state index in [4.69, 9.17) is 11.6 Å². The Morgan fingerprint density at radius 1 is 1.47 bits per heavy atom. The maximum atomic E-state index is 11.0. The molecule has 1 atom stereocenters. The molecule has 0 aliphatic carbocycles. The van der Waals surface area contributed by atoms with Crippen molar-refractivity contribution in [2.24, 2.45) is 15.6 Å². The summed E-state index contributed by atoms with van der Waals surface area (Å²) in [5.74, 6) is -0.543. The number of rotatable bonds is 5. The van der Waals surface area contributed by atoms with Gasteiger partial charge in [-0.2, -0.15) is 10.2 Å². The molecule has 0 radical (unpaired) electrons. The first-order chi connectivity index (χ1) is 6.87. The van der Waals surface area contributed by atoms with Crippen LogP contribution in [0.5, 0.6) is 0 Å². The molecule has 0 aromatic carbocycles. The molecule has 0 aliphatic rings. The fraction of sp³-hybridized carbons (Fsp3) is 0.900. The van der Waals surface area contributed by atoms with Gasteiger partial charge in [0.05, 0.1) is 13.2 Å². The van der Waals surface area contributed by atoms with E-state index in [1.165, 1.54) is 0 Å². The molecule has 0 aliphatic heterocycles. The molecular weight excluding hydrogens is 216 g/mol. The maximum Gasteiger partial charge on any atom is 0.348 e. The van der Waals surface area contributed by atoms with Gasteiger partial charge in [0.25, 0.3) is 0 Å². The summed E-state index contributed by atoms with van der Waals surface area (Å²) in [7, 11) is 0. The molecule has 0 aromatic rings. The molecule has 0 N–H and O–H groups in total. The van der Waals surface area contributed by atoms with Crippen LogP contribution in [0.15, 0.2) is 10.2 Å². The highest BCUT2D eigenvalue weighted by molar-refractivity contribution is 6.29. The van der Waals surface area contributed by atoms with Crippen molar-refractivity contribution in [1.82, 2.24) is 0 Å². The van der Waals surface area contributed by atoms with Gasteiger partial charge in [-0.15, -0.1) is 0 Å². The molecule has 0 rings (SSSR count). The Morgan fingerprint density at radius 2 is 2.07 bits per heavy atom. The molecule has 0 fully saturated rings. The minimum atomic E-state index is -1.01. The van der Waals surface area contributed by atoms with E-state index >= 15 is 0 Å². The monoisotopic (exact) mass is 234 g/mol. The summed E-state index contributed by atoms with van der Waals surface area (Å²) in [4.78, 5) is 11.0. The van der Waals surface area contributed by atoms with Gasteiger partial charge in [0.2, 0.25) is 5.50 Å². The van der Waals surface area contributed by atoms with Crippen LogP contribution in [0.2, 0.25) is 0 Å². The van der Waals surface area contributed by atoms with Gasteiger partial charge in [-0.25, -0.2) is 4.79 Å². The number of ether oxygens (including phenoxy) is 1. The summed E-state index contributed by atoms with van der Waals surface area (Å²) in [5, 5.41) is 7.51. The maximum absolute atomic E-state index is 11.0. The summed E-state index contributed by atoms with van der Waals surface area (Å²) in [6, 6.07) is 0. The molecule has 88 valence electrons. The summed E-state index contributed by atoms with van der Waals surface area (Å²) >= 11 is 5.63. The SMILES string of the molecule is CCOC(=O)C(Cl)N=NCCC(C)(C)C. The van der Waals surface area contributed by atoms with Crippen molar-refractivity contribution in [3.05, 3.63) is 0 Å². The van der Waals surface area contributed by atoms with Gasteiger partial charge < -0.3 is 4.74 Å². The van der Waals surface area contributed by atoms with Gasteiger partial charge in [-0.3, -0.25) is 0 Å². The average Bonchev–Trinajstić information content (AvgIpc) is 2.11. The lowest BCUT2D eigenvalue weighted by atomic mass is 9.93. The number of nitrogens with zero attached hydrogens (tertiary/aromatic N) is 2. The quantitative estimate of drug-likeness (QED) is 0.318. The largest absolute Gasteiger partial charge is 0.463 e. The Kier molecular flexibility index (Phi) is 6.48. The Hall–Kier alpha value is -0.640. The average molecular weight is 235 g/mol. The topological polar surface area (TPSA) is 51.0 Å². The molecule has 0 spiro atoms. The minimum absolute atomic E-state index is 0.213. The van der Waals surface area contributed by atoms with Crippen molar-refractivity contribution >= 4 is 17.6 Å². The van der Waals surface area contributed by atoms with Crippen LogP contribution >= 0.6 is 11.6 Å². The van der Waals surface area contributed by atoms with Gasteiger partial charge in [0, 0.05) is 0 Å². The predicted molar refractivity (Wildman–Crippen MR) is 60.1 cm³/mol. The Bertz CT molecular complexity index is 224. The molecule has 0 saturated heterocycles. The van der Waals surface area contributed by atoms with Crippen molar-refractivity contribution in [1.29, 1.82) is 0 Å². The Labute approximate surface area is 96.0 Å². The first kappa shape index (κ1) is 14.4. The Morgan fingerprint density at radius 3 is 2.53 bits per heavy atom. The lowest BCUT2D eigenvalue weighted by molar-refractivity contribution is -0.142. The number of esters is 1. The second-order valence-corrected chi connectivity index (χ2v) is 4.79. The summed E-state index contributed by atoms with van der Waals surface area (Å²) in [6.45, 7) is 8.95. The molecule has 15 heavy (non-hydrogen) atoms. The number of carbonyl (C=O) groups is 1. The van der Waals surface area contributed by atoms with Crippen LogP contribution in [0.3, 0.4) is 0 Å². The van der Waals surface area contributed by atoms with E-state index in [1.807, 2.05) is 0 Å². The summed E-state index contributed by atoms with van der Waals surface area (Å²) in [6.07, 6.45) is 0.906. The molecule has 0 aromatic heterocycles. The van der Waals surface area contributed by atoms with Crippen LogP contribution in [0.1, 0.15) is 34.1 Å². The number of azo groups is 1. The highest BCUT2D eigenvalue weighted by atomic mass is 35.5. The van der Waals surface area contributed by atoms with Gasteiger partial charge in [-0.05, 0) is 18.8 Å². The molecule has 0 heterocycles. The number of hydrogen-bond acceptors (Lipinski definition) is 4. The zero-order valence-electron chi connectivity index (χ0n) is 9.79. The number of halogens is 1. The molecule has 5 heteroatoms. The zero-order chi connectivity index (χ0) is 11.9. The van der Waals surface area contributed by atoms with Crippen LogP contribution in [0.25, 0.3) is 0 Å². The lowest BCUT2D eigenvalue weighted by Gasteiger charge is -2.15. The van der Waals surface area contributed by atoms with Crippen molar-refractivity contribution in [3.8, 4) is 0 Å². The molecule has 4 nitrogen and oxygen atoms in total. The summed E-state index contributed by atoms with van der Waals surface area (Å²) in [5.41, 5.74) is -0.796. The number of hydrogen-bond donors (Lipinski definition) is 0. The smallest absolute Gasteiger partial charge is 0.348 e. The van der Waals surface area contributed by atoms with E-state index in [2.05, 4.69) is 35.7 Å². The fourth-order valence-corrected chi connectivity index (χ4v) is 0.898. The first-order valence-electron chi connectivity index (χ1n) is 5.04. The minimum Gasteiger partial charge on any atom is -0.463 e. The molecule has 1 unspecified atom stereocenters. The van der Waals surface area contributed by atoms with Gasteiger partial charge in [0.15, 0.2) is 0 Å². The lowest BCUT2D eigenvalue weighted by Crippen LogP contribution is -2.15. The second kappa shape index (κ2) is 6.77. The van der Waals surface area contributed by atoms with Crippen LogP contribution in [0, 0.1) is 5.41 Å². The van der Waals surface area contributed by atoms with Crippen molar-refractivity contribution in [2.75, 3.05) is 13.2 Å². The van der Waals surface area contributed by atoms with Crippen molar-refractivity contribution in [3.63, 3.8) is 0 Å². The van der Waals surface area contributed by atoms with Crippen LogP contribution in [-0.4, -0.2) is 24.6 Å². The van der Waals surface area contributed by atoms with E-state index in [0.717, 1.165) is 6.42 Å². The van der Waals surface area contributed by atoms with E-state index < -0.39 is 11.5 Å². The molecular formula is C10H19ClN2O2. The summed E-state index contributed by atoms with van der Waals surface area (Å²) < 4.78 is 4.68. The van der Waals surface area contributed by atoms with Crippen LogP contribution in [-0.2, 0) is 9.53 Å². The number of carbonyl (C=O) groups excluding carboxylic acids is 1. The molecule has 0 bridgehead atoms. The van der Waals surface area contributed by atoms with Crippen LogP contribution in [0.4, 0.5) is 0 Å². The van der Waals surface area contributed by atoms with E-state index in [-0.39, 0.29) is 5.41 Å². The van der Waals surface area contributed by atoms with Crippen molar-refractivity contribution < 1.29 is 9.53 Å². The van der Waals surface area contributed by atoms with E-state index in [0.29, 0.717) is 13.2 Å². The first-order valence-corrected chi connectivity index (χ1v) is 5.48. The Balaban J connectivity index is 3.81. The second-order valence-electron chi connectivity index (χ2n) is 4.38. The van der Waals surface area contributed by atoms with Gasteiger partial charge >= 0.3 is 5.97 Å². The third-order valence-electron chi connectivity index (χ3n) is 1.63. The predicted octanol–water partition coefficient (Wildman–Crippen LogP) is 3.00. The zero-order valence-corrected chi connectivity index (χ0v) is 10.5. The third-order valence-corrected chi connectivity index (χ3v) is 1.89. The fourth-order valence-electron chi connectivity index (χ4n) is 0.773. The van der Waals surface area contributed by atoms with Crippen LogP contribution < -0.4 is 0 Å². The van der Waals surface area contributed by atoms with Gasteiger partial charge in [-0.1, -0.05) is 32.4 Å². The van der Waals surface area contributed by atoms with Gasteiger partial charge in [0.1, 0.15) is 0 Å². The van der Waals surface area contributed by atoms with E-state index in [9.17, 15) is 4.79 Å². The molecule has 0 saturated carbocycles. The number of alkyl halides is 1. The molecule has 0 amide bonds. The third kappa shape index (κ3) is 8.36. The normalized spacial score (nSPS) is 14.2. The highest BCUT2D eigenvalue weighted by Gasteiger charge is 2.15. The van der Waals surface area contributed by atoms with E-state index in [1.54, 1.807) is 6.92 Å². The van der Waals surface area contributed by atoms with Crippen molar-refractivity contribution in [2.45, 2.75) is 39.6 Å². The highest BCUT2D eigenvalue weighted by Crippen LogP contribution is 2.18.